The lowest BCUT2D eigenvalue weighted by atomic mass is 10.2. The number of hydrogen-bond donors (Lipinski definition) is 2. The molecule has 1 heterocycles. The van der Waals surface area contributed by atoms with E-state index in [1.807, 2.05) is 7.05 Å². The molecule has 20 heavy (non-hydrogen) atoms. The van der Waals surface area contributed by atoms with Crippen LogP contribution in [-0.4, -0.2) is 44.5 Å². The molecular weight excluding hydrogens is 318 g/mol. The molecule has 1 fully saturated rings. The lowest BCUT2D eigenvalue weighted by Crippen LogP contribution is -2.36. The second-order valence-corrected chi connectivity index (χ2v) is 7.41. The van der Waals surface area contributed by atoms with Gasteiger partial charge in [0.2, 0.25) is 10.0 Å². The summed E-state index contributed by atoms with van der Waals surface area (Å²) in [5.41, 5.74) is 6.04. The van der Waals surface area contributed by atoms with E-state index >= 15 is 0 Å². The quantitative estimate of drug-likeness (QED) is 0.803. The Balaban J connectivity index is 2.23. The minimum absolute atomic E-state index is 0.0497. The molecule has 1 unspecified atom stereocenters. The number of thiocarbonyl (C=S) groups is 1. The number of hydrogen-bond acceptors (Lipinski definition) is 4. The van der Waals surface area contributed by atoms with Crippen LogP contribution in [0.3, 0.4) is 0 Å². The van der Waals surface area contributed by atoms with Crippen molar-refractivity contribution in [1.29, 1.82) is 0 Å². The summed E-state index contributed by atoms with van der Waals surface area (Å²) in [4.78, 5) is 2.31. The zero-order valence-corrected chi connectivity index (χ0v) is 13.4. The van der Waals surface area contributed by atoms with Crippen LogP contribution in [0, 0.1) is 0 Å². The highest BCUT2D eigenvalue weighted by Gasteiger charge is 2.26. The third-order valence-corrected chi connectivity index (χ3v) is 5.46. The van der Waals surface area contributed by atoms with Gasteiger partial charge in [-0.15, -0.1) is 0 Å². The van der Waals surface area contributed by atoms with Crippen LogP contribution in [-0.2, 0) is 10.0 Å². The standard InChI is InChI=1S/C12H16ClN3O2S2/c1-16-5-4-9(7-16)15-20(17,18)11-3-2-8(12(14)19)6-10(11)13/h2-3,6,9,15H,4-5,7H2,1H3,(H2,14,19). The fourth-order valence-corrected chi connectivity index (χ4v) is 4.12. The lowest BCUT2D eigenvalue weighted by Gasteiger charge is -2.14. The van der Waals surface area contributed by atoms with Crippen molar-refractivity contribution < 1.29 is 8.42 Å². The molecule has 1 aliphatic heterocycles. The minimum Gasteiger partial charge on any atom is -0.389 e. The van der Waals surface area contributed by atoms with Crippen molar-refractivity contribution in [2.24, 2.45) is 5.73 Å². The highest BCUT2D eigenvalue weighted by molar-refractivity contribution is 7.89. The van der Waals surface area contributed by atoms with E-state index in [-0.39, 0.29) is 20.9 Å². The summed E-state index contributed by atoms with van der Waals surface area (Å²) in [5.74, 6) is 0. The summed E-state index contributed by atoms with van der Waals surface area (Å²) in [6.45, 7) is 1.57. The van der Waals surface area contributed by atoms with Gasteiger partial charge in [-0.1, -0.05) is 29.9 Å². The van der Waals surface area contributed by atoms with E-state index in [1.165, 1.54) is 12.1 Å². The molecule has 1 aromatic carbocycles. The fraction of sp³-hybridized carbons (Fsp3) is 0.417. The zero-order valence-electron chi connectivity index (χ0n) is 11.0. The Labute approximate surface area is 129 Å². The van der Waals surface area contributed by atoms with Gasteiger partial charge in [-0.2, -0.15) is 0 Å². The minimum atomic E-state index is -3.63. The van der Waals surface area contributed by atoms with Crippen LogP contribution in [0.4, 0.5) is 0 Å². The summed E-state index contributed by atoms with van der Waals surface area (Å²) < 4.78 is 27.3. The molecule has 3 N–H and O–H groups in total. The number of rotatable bonds is 4. The third-order valence-electron chi connectivity index (χ3n) is 3.22. The van der Waals surface area contributed by atoms with Crippen molar-refractivity contribution in [2.75, 3.05) is 20.1 Å². The number of halogens is 1. The summed E-state index contributed by atoms with van der Waals surface area (Å²) in [7, 11) is -1.68. The van der Waals surface area contributed by atoms with Crippen LogP contribution in [0.1, 0.15) is 12.0 Å². The number of nitrogens with two attached hydrogens (primary N) is 1. The van der Waals surface area contributed by atoms with E-state index < -0.39 is 10.0 Å². The van der Waals surface area contributed by atoms with Gasteiger partial charge in [-0.25, -0.2) is 13.1 Å². The predicted molar refractivity (Wildman–Crippen MR) is 83.6 cm³/mol. The van der Waals surface area contributed by atoms with E-state index in [0.717, 1.165) is 13.0 Å². The van der Waals surface area contributed by atoms with Gasteiger partial charge in [0.25, 0.3) is 0 Å². The van der Waals surface area contributed by atoms with Crippen molar-refractivity contribution in [1.82, 2.24) is 9.62 Å². The van der Waals surface area contributed by atoms with Gasteiger partial charge in [0.15, 0.2) is 0 Å². The lowest BCUT2D eigenvalue weighted by molar-refractivity contribution is 0.407. The average molecular weight is 334 g/mol. The van der Waals surface area contributed by atoms with Crippen LogP contribution in [0.5, 0.6) is 0 Å². The molecule has 110 valence electrons. The first-order chi connectivity index (χ1) is 9.29. The molecule has 8 heteroatoms. The van der Waals surface area contributed by atoms with Gasteiger partial charge in [-0.3, -0.25) is 0 Å². The molecule has 0 bridgehead atoms. The van der Waals surface area contributed by atoms with Gasteiger partial charge in [0, 0.05) is 18.2 Å². The highest BCUT2D eigenvalue weighted by atomic mass is 35.5. The first kappa shape index (κ1) is 15.7. The van der Waals surface area contributed by atoms with Crippen LogP contribution >= 0.6 is 23.8 Å². The molecule has 0 aromatic heterocycles. The second-order valence-electron chi connectivity index (χ2n) is 4.88. The van der Waals surface area contributed by atoms with Crippen LogP contribution in [0.2, 0.25) is 5.02 Å². The van der Waals surface area contributed by atoms with Crippen LogP contribution in [0.25, 0.3) is 0 Å². The van der Waals surface area contributed by atoms with E-state index in [4.69, 9.17) is 29.6 Å². The highest BCUT2D eigenvalue weighted by Crippen LogP contribution is 2.23. The number of nitrogens with one attached hydrogen (secondary N) is 1. The topological polar surface area (TPSA) is 75.4 Å². The van der Waals surface area contributed by atoms with Crippen LogP contribution < -0.4 is 10.5 Å². The Kier molecular flexibility index (Phi) is 4.66. The zero-order chi connectivity index (χ0) is 14.9. The molecule has 0 amide bonds. The van der Waals surface area contributed by atoms with E-state index in [9.17, 15) is 8.42 Å². The molecule has 1 atom stereocenters. The average Bonchev–Trinajstić information content (AvgIpc) is 2.73. The summed E-state index contributed by atoms with van der Waals surface area (Å²) in [6, 6.07) is 4.37. The molecule has 0 spiro atoms. The number of nitrogens with zero attached hydrogens (tertiary/aromatic N) is 1. The number of benzene rings is 1. The molecule has 5 nitrogen and oxygen atoms in total. The number of sulfonamides is 1. The largest absolute Gasteiger partial charge is 0.389 e. The van der Waals surface area contributed by atoms with E-state index in [2.05, 4.69) is 9.62 Å². The Morgan fingerprint density at radius 1 is 1.55 bits per heavy atom. The first-order valence-electron chi connectivity index (χ1n) is 6.10. The number of likely N-dealkylation sites (tertiary alicyclic amines) is 1. The Morgan fingerprint density at radius 3 is 2.75 bits per heavy atom. The Morgan fingerprint density at radius 2 is 2.25 bits per heavy atom. The van der Waals surface area contributed by atoms with Crippen molar-refractivity contribution in [2.45, 2.75) is 17.4 Å². The molecule has 1 aliphatic rings. The maximum absolute atomic E-state index is 12.3. The maximum Gasteiger partial charge on any atom is 0.242 e. The van der Waals surface area contributed by atoms with Gasteiger partial charge in [-0.05, 0) is 32.1 Å². The van der Waals surface area contributed by atoms with Crippen molar-refractivity contribution in [3.63, 3.8) is 0 Å². The van der Waals surface area contributed by atoms with E-state index in [1.54, 1.807) is 6.07 Å². The normalized spacial score (nSPS) is 20.2. The third kappa shape index (κ3) is 3.48. The second kappa shape index (κ2) is 5.95. The number of likely N-dealkylation sites (N-methyl/N-ethyl adjacent to an activating group) is 1. The van der Waals surface area contributed by atoms with Gasteiger partial charge >= 0.3 is 0 Å². The van der Waals surface area contributed by atoms with Crippen molar-refractivity contribution in [3.05, 3.63) is 28.8 Å². The molecular formula is C12H16ClN3O2S2. The van der Waals surface area contributed by atoms with E-state index in [0.29, 0.717) is 12.1 Å². The maximum atomic E-state index is 12.3. The molecule has 0 radical (unpaired) electrons. The molecule has 0 saturated carbocycles. The smallest absolute Gasteiger partial charge is 0.242 e. The van der Waals surface area contributed by atoms with Gasteiger partial charge in [0.1, 0.15) is 9.88 Å². The van der Waals surface area contributed by atoms with Gasteiger partial charge < -0.3 is 10.6 Å². The molecule has 2 rings (SSSR count). The summed E-state index contributed by atoms with van der Waals surface area (Å²) in [6.07, 6.45) is 0.790. The van der Waals surface area contributed by atoms with Gasteiger partial charge in [0.05, 0.1) is 5.02 Å². The first-order valence-corrected chi connectivity index (χ1v) is 8.37. The van der Waals surface area contributed by atoms with Crippen molar-refractivity contribution >= 4 is 38.8 Å². The summed E-state index contributed by atoms with van der Waals surface area (Å²) in [5, 5.41) is 0.120. The Bertz CT molecular complexity index is 634. The summed E-state index contributed by atoms with van der Waals surface area (Å²) >= 11 is 10.9. The molecule has 1 aromatic rings. The molecule has 1 saturated heterocycles. The SMILES string of the molecule is CN1CCC(NS(=O)(=O)c2ccc(C(N)=S)cc2Cl)C1. The van der Waals surface area contributed by atoms with Crippen molar-refractivity contribution in [3.8, 4) is 0 Å². The monoisotopic (exact) mass is 333 g/mol. The fourth-order valence-electron chi connectivity index (χ4n) is 2.19. The van der Waals surface area contributed by atoms with Crippen LogP contribution in [0.15, 0.2) is 23.1 Å². The molecule has 0 aliphatic carbocycles. The Hall–Kier alpha value is -0.730. The predicted octanol–water partition coefficient (Wildman–Crippen LogP) is 0.957.